The predicted molar refractivity (Wildman–Crippen MR) is 56.7 cm³/mol. The molecule has 0 radical (unpaired) electrons. The minimum absolute atomic E-state index is 0.0821. The molecular weight excluding hydrogens is 212 g/mol. The third kappa shape index (κ3) is 2.23. The number of rotatable bonds is 1. The van der Waals surface area contributed by atoms with Gasteiger partial charge in [0.15, 0.2) is 0 Å². The Balaban J connectivity index is 2.28. The van der Waals surface area contributed by atoms with Gasteiger partial charge in [0.2, 0.25) is 0 Å². The summed E-state index contributed by atoms with van der Waals surface area (Å²) >= 11 is 0. The van der Waals surface area contributed by atoms with Gasteiger partial charge in [-0.25, -0.2) is 8.78 Å². The van der Waals surface area contributed by atoms with Gasteiger partial charge in [-0.3, -0.25) is 0 Å². The number of hydrogen-bond acceptors (Lipinski definition) is 2. The SMILES string of the molecule is NC1CCC(O)(c2cc(F)cc(F)c2)CC1. The average Bonchev–Trinajstić information content (AvgIpc) is 2.21. The van der Waals surface area contributed by atoms with Gasteiger partial charge < -0.3 is 10.8 Å². The van der Waals surface area contributed by atoms with E-state index in [4.69, 9.17) is 5.73 Å². The molecule has 0 atom stereocenters. The van der Waals surface area contributed by atoms with Crippen molar-refractivity contribution in [1.82, 2.24) is 0 Å². The van der Waals surface area contributed by atoms with Crippen LogP contribution < -0.4 is 5.73 Å². The van der Waals surface area contributed by atoms with Crippen molar-refractivity contribution in [1.29, 1.82) is 0 Å². The van der Waals surface area contributed by atoms with Crippen molar-refractivity contribution in [3.05, 3.63) is 35.4 Å². The van der Waals surface area contributed by atoms with E-state index in [1.807, 2.05) is 0 Å². The van der Waals surface area contributed by atoms with Gasteiger partial charge >= 0.3 is 0 Å². The lowest BCUT2D eigenvalue weighted by Gasteiger charge is -2.35. The molecule has 0 amide bonds. The third-order valence-electron chi connectivity index (χ3n) is 3.26. The van der Waals surface area contributed by atoms with Crippen LogP contribution in [-0.4, -0.2) is 11.1 Å². The lowest BCUT2D eigenvalue weighted by Crippen LogP contribution is -2.36. The van der Waals surface area contributed by atoms with Gasteiger partial charge in [0.1, 0.15) is 11.6 Å². The molecule has 0 aromatic heterocycles. The summed E-state index contributed by atoms with van der Waals surface area (Å²) in [6.45, 7) is 0. The molecule has 88 valence electrons. The van der Waals surface area contributed by atoms with Gasteiger partial charge in [-0.1, -0.05) is 0 Å². The molecule has 3 N–H and O–H groups in total. The molecule has 0 bridgehead atoms. The van der Waals surface area contributed by atoms with Gasteiger partial charge in [0.25, 0.3) is 0 Å². The summed E-state index contributed by atoms with van der Waals surface area (Å²) in [6.07, 6.45) is 2.26. The summed E-state index contributed by atoms with van der Waals surface area (Å²) in [5.74, 6) is -1.31. The Morgan fingerprint density at radius 3 is 2.12 bits per heavy atom. The number of halogens is 2. The first-order chi connectivity index (χ1) is 7.49. The molecular formula is C12H15F2NO. The number of benzene rings is 1. The van der Waals surface area contributed by atoms with Gasteiger partial charge in [0, 0.05) is 12.1 Å². The molecule has 2 rings (SSSR count). The van der Waals surface area contributed by atoms with Crippen molar-refractivity contribution in [3.8, 4) is 0 Å². The van der Waals surface area contributed by atoms with Gasteiger partial charge in [0.05, 0.1) is 5.60 Å². The molecule has 1 aromatic carbocycles. The summed E-state index contributed by atoms with van der Waals surface area (Å²) in [4.78, 5) is 0. The molecule has 1 aromatic rings. The zero-order valence-electron chi connectivity index (χ0n) is 8.92. The van der Waals surface area contributed by atoms with Crippen LogP contribution in [0.1, 0.15) is 31.2 Å². The van der Waals surface area contributed by atoms with E-state index in [-0.39, 0.29) is 6.04 Å². The van der Waals surface area contributed by atoms with Crippen molar-refractivity contribution in [3.63, 3.8) is 0 Å². The first-order valence-corrected chi connectivity index (χ1v) is 5.44. The fourth-order valence-electron chi connectivity index (χ4n) is 2.23. The molecule has 0 unspecified atom stereocenters. The van der Waals surface area contributed by atoms with Crippen LogP contribution in [0.25, 0.3) is 0 Å². The van der Waals surface area contributed by atoms with Crippen molar-refractivity contribution in [2.45, 2.75) is 37.3 Å². The molecule has 1 aliphatic carbocycles. The monoisotopic (exact) mass is 227 g/mol. The van der Waals surface area contributed by atoms with E-state index in [1.165, 1.54) is 12.1 Å². The van der Waals surface area contributed by atoms with E-state index in [1.54, 1.807) is 0 Å². The first-order valence-electron chi connectivity index (χ1n) is 5.44. The maximum Gasteiger partial charge on any atom is 0.126 e. The maximum atomic E-state index is 13.1. The highest BCUT2D eigenvalue weighted by Gasteiger charge is 2.34. The van der Waals surface area contributed by atoms with Crippen LogP contribution in [0.5, 0.6) is 0 Å². The van der Waals surface area contributed by atoms with Crippen LogP contribution in [0.15, 0.2) is 18.2 Å². The molecule has 0 spiro atoms. The van der Waals surface area contributed by atoms with Crippen LogP contribution in [0.4, 0.5) is 8.78 Å². The van der Waals surface area contributed by atoms with Crippen LogP contribution in [0, 0.1) is 11.6 Å². The molecule has 2 nitrogen and oxygen atoms in total. The van der Waals surface area contributed by atoms with Gasteiger partial charge in [-0.15, -0.1) is 0 Å². The Bertz CT molecular complexity index is 366. The highest BCUT2D eigenvalue weighted by atomic mass is 19.1. The van der Waals surface area contributed by atoms with Crippen molar-refractivity contribution in [2.75, 3.05) is 0 Å². The fraction of sp³-hybridized carbons (Fsp3) is 0.500. The Labute approximate surface area is 93.1 Å². The Hall–Kier alpha value is -1.00. The lowest BCUT2D eigenvalue weighted by atomic mass is 9.78. The summed E-state index contributed by atoms with van der Waals surface area (Å²) in [7, 11) is 0. The Kier molecular flexibility index (Phi) is 2.95. The van der Waals surface area contributed by atoms with E-state index in [2.05, 4.69) is 0 Å². The number of hydrogen-bond donors (Lipinski definition) is 2. The number of aliphatic hydroxyl groups is 1. The highest BCUT2D eigenvalue weighted by molar-refractivity contribution is 5.25. The average molecular weight is 227 g/mol. The van der Waals surface area contributed by atoms with E-state index in [9.17, 15) is 13.9 Å². The third-order valence-corrected chi connectivity index (χ3v) is 3.26. The van der Waals surface area contributed by atoms with Crippen molar-refractivity contribution >= 4 is 0 Å². The summed E-state index contributed by atoms with van der Waals surface area (Å²) in [5.41, 5.74) is 4.92. The topological polar surface area (TPSA) is 46.2 Å². The number of nitrogens with two attached hydrogens (primary N) is 1. The van der Waals surface area contributed by atoms with Crippen LogP contribution in [-0.2, 0) is 5.60 Å². The standard InChI is InChI=1S/C12H15F2NO/c13-9-5-8(6-10(14)7-9)12(16)3-1-11(15)2-4-12/h5-7,11,16H,1-4,15H2. The zero-order valence-corrected chi connectivity index (χ0v) is 8.92. The van der Waals surface area contributed by atoms with Crippen molar-refractivity contribution < 1.29 is 13.9 Å². The molecule has 0 aliphatic heterocycles. The molecule has 1 saturated carbocycles. The zero-order chi connectivity index (χ0) is 11.8. The second-order valence-corrected chi connectivity index (χ2v) is 4.53. The molecule has 4 heteroatoms. The second kappa shape index (κ2) is 4.11. The fourth-order valence-corrected chi connectivity index (χ4v) is 2.23. The Morgan fingerprint density at radius 2 is 1.62 bits per heavy atom. The van der Waals surface area contributed by atoms with E-state index in [0.29, 0.717) is 31.2 Å². The van der Waals surface area contributed by atoms with E-state index >= 15 is 0 Å². The quantitative estimate of drug-likeness (QED) is 0.771. The second-order valence-electron chi connectivity index (χ2n) is 4.53. The maximum absolute atomic E-state index is 13.1. The largest absolute Gasteiger partial charge is 0.385 e. The summed E-state index contributed by atoms with van der Waals surface area (Å²) in [5, 5.41) is 10.3. The molecule has 0 saturated heterocycles. The Morgan fingerprint density at radius 1 is 1.12 bits per heavy atom. The summed E-state index contributed by atoms with van der Waals surface area (Å²) < 4.78 is 26.1. The van der Waals surface area contributed by atoms with Gasteiger partial charge in [-0.2, -0.15) is 0 Å². The lowest BCUT2D eigenvalue weighted by molar-refractivity contribution is -0.00547. The summed E-state index contributed by atoms with van der Waals surface area (Å²) in [6, 6.07) is 3.28. The highest BCUT2D eigenvalue weighted by Crippen LogP contribution is 2.37. The van der Waals surface area contributed by atoms with Crippen LogP contribution in [0.3, 0.4) is 0 Å². The van der Waals surface area contributed by atoms with Crippen LogP contribution in [0.2, 0.25) is 0 Å². The van der Waals surface area contributed by atoms with Crippen LogP contribution >= 0.6 is 0 Å². The normalized spacial score (nSPS) is 30.4. The molecule has 1 fully saturated rings. The minimum atomic E-state index is -1.13. The van der Waals surface area contributed by atoms with Crippen molar-refractivity contribution in [2.24, 2.45) is 5.73 Å². The predicted octanol–water partition coefficient (Wildman–Crippen LogP) is 2.05. The van der Waals surface area contributed by atoms with Gasteiger partial charge in [-0.05, 0) is 43.4 Å². The van der Waals surface area contributed by atoms with E-state index < -0.39 is 17.2 Å². The minimum Gasteiger partial charge on any atom is -0.385 e. The molecule has 1 aliphatic rings. The first kappa shape index (κ1) is 11.5. The molecule has 16 heavy (non-hydrogen) atoms. The smallest absolute Gasteiger partial charge is 0.126 e. The molecule has 0 heterocycles. The van der Waals surface area contributed by atoms with E-state index in [0.717, 1.165) is 6.07 Å².